The van der Waals surface area contributed by atoms with Crippen molar-refractivity contribution in [2.24, 2.45) is 0 Å². The molecule has 1 saturated carbocycles. The van der Waals surface area contributed by atoms with Crippen molar-refractivity contribution in [3.63, 3.8) is 0 Å². The Morgan fingerprint density at radius 2 is 1.51 bits per heavy atom. The van der Waals surface area contributed by atoms with Gasteiger partial charge in [0.1, 0.15) is 12.6 Å². The van der Waals surface area contributed by atoms with Gasteiger partial charge in [-0.25, -0.2) is 8.42 Å². The van der Waals surface area contributed by atoms with E-state index in [1.54, 1.807) is 49.4 Å². The van der Waals surface area contributed by atoms with Crippen molar-refractivity contribution in [3.8, 4) is 0 Å². The van der Waals surface area contributed by atoms with Gasteiger partial charge in [0.05, 0.1) is 20.6 Å². The Morgan fingerprint density at radius 3 is 2.18 bits per heavy atom. The molecule has 1 aliphatic rings. The number of sulfonamides is 1. The lowest BCUT2D eigenvalue weighted by molar-refractivity contribution is -0.140. The Balaban J connectivity index is 1.60. The van der Waals surface area contributed by atoms with Crippen LogP contribution >= 0.6 is 34.8 Å². The largest absolute Gasteiger partial charge is 0.352 e. The zero-order valence-electron chi connectivity index (χ0n) is 27.5. The Bertz CT molecular complexity index is 1880. The van der Waals surface area contributed by atoms with E-state index in [1.165, 1.54) is 23.1 Å². The summed E-state index contributed by atoms with van der Waals surface area (Å²) in [6, 6.07) is 24.9. The van der Waals surface area contributed by atoms with Gasteiger partial charge in [0.15, 0.2) is 0 Å². The summed E-state index contributed by atoms with van der Waals surface area (Å²) in [5.41, 5.74) is 3.26. The second kappa shape index (κ2) is 16.4. The first-order valence-electron chi connectivity index (χ1n) is 16.4. The molecular weight excluding hydrogens is 701 g/mol. The first kappa shape index (κ1) is 36.7. The van der Waals surface area contributed by atoms with Crippen molar-refractivity contribution in [2.75, 3.05) is 10.8 Å². The van der Waals surface area contributed by atoms with Gasteiger partial charge in [0.25, 0.3) is 10.0 Å². The minimum atomic E-state index is -4.26. The van der Waals surface area contributed by atoms with Crippen molar-refractivity contribution in [1.82, 2.24) is 10.2 Å². The average Bonchev–Trinajstić information content (AvgIpc) is 3.09. The number of halogens is 3. The normalized spacial score (nSPS) is 14.2. The third-order valence-corrected chi connectivity index (χ3v) is 11.6. The van der Waals surface area contributed by atoms with E-state index < -0.39 is 28.5 Å². The van der Waals surface area contributed by atoms with E-state index in [-0.39, 0.29) is 35.5 Å². The van der Waals surface area contributed by atoms with Crippen molar-refractivity contribution in [1.29, 1.82) is 0 Å². The lowest BCUT2D eigenvalue weighted by Crippen LogP contribution is -2.55. The van der Waals surface area contributed by atoms with Gasteiger partial charge in [-0.15, -0.1) is 0 Å². The first-order chi connectivity index (χ1) is 23.4. The molecule has 49 heavy (non-hydrogen) atoms. The molecule has 2 amide bonds. The van der Waals surface area contributed by atoms with Gasteiger partial charge in [-0.3, -0.25) is 13.9 Å². The standard InChI is InChI=1S/C38H40Cl3N3O4S/c1-26-13-18-32(19-14-26)49(47,48)44(35-23-30(39)17-15-27(35)2)25-37(45)43(24-29-16-20-33(40)34(41)21-29)36(22-28-9-5-3-6-10-28)38(46)42-31-11-7-4-8-12-31/h3,5-6,9-10,13-21,23,31,36H,4,7-8,11-12,22,24-25H2,1-2H3,(H,42,46)/t36-/m1/s1. The molecule has 1 fully saturated rings. The highest BCUT2D eigenvalue weighted by Gasteiger charge is 2.36. The van der Waals surface area contributed by atoms with E-state index in [1.807, 2.05) is 37.3 Å². The Hall–Kier alpha value is -3.56. The summed E-state index contributed by atoms with van der Waals surface area (Å²) in [5, 5.41) is 4.19. The fourth-order valence-electron chi connectivity index (χ4n) is 6.13. The van der Waals surface area contributed by atoms with E-state index in [4.69, 9.17) is 34.8 Å². The molecule has 0 unspecified atom stereocenters. The molecule has 4 aromatic rings. The lowest BCUT2D eigenvalue weighted by Gasteiger charge is -2.35. The van der Waals surface area contributed by atoms with Crippen LogP contribution in [0.4, 0.5) is 5.69 Å². The highest BCUT2D eigenvalue weighted by molar-refractivity contribution is 7.92. The van der Waals surface area contributed by atoms with Crippen LogP contribution in [0.2, 0.25) is 15.1 Å². The van der Waals surface area contributed by atoms with Gasteiger partial charge < -0.3 is 10.2 Å². The van der Waals surface area contributed by atoms with Crippen molar-refractivity contribution >= 4 is 62.3 Å². The van der Waals surface area contributed by atoms with Crippen LogP contribution in [0.5, 0.6) is 0 Å². The molecule has 0 saturated heterocycles. The number of hydrogen-bond donors (Lipinski definition) is 1. The van der Waals surface area contributed by atoms with E-state index >= 15 is 0 Å². The molecule has 0 heterocycles. The maximum absolute atomic E-state index is 14.8. The number of rotatable bonds is 12. The summed E-state index contributed by atoms with van der Waals surface area (Å²) in [7, 11) is -4.26. The highest BCUT2D eigenvalue weighted by Crippen LogP contribution is 2.31. The molecule has 1 atom stereocenters. The molecule has 1 N–H and O–H groups in total. The number of aryl methyl sites for hydroxylation is 2. The second-order valence-electron chi connectivity index (χ2n) is 12.6. The fourth-order valence-corrected chi connectivity index (χ4v) is 8.09. The van der Waals surface area contributed by atoms with E-state index in [0.29, 0.717) is 26.2 Å². The van der Waals surface area contributed by atoms with Crippen LogP contribution in [0, 0.1) is 13.8 Å². The number of carbonyl (C=O) groups is 2. The third kappa shape index (κ3) is 9.37. The van der Waals surface area contributed by atoms with Crippen LogP contribution in [-0.2, 0) is 32.6 Å². The molecule has 5 rings (SSSR count). The zero-order valence-corrected chi connectivity index (χ0v) is 30.6. The number of amides is 2. The van der Waals surface area contributed by atoms with Gasteiger partial charge in [0.2, 0.25) is 11.8 Å². The SMILES string of the molecule is Cc1ccc(S(=O)(=O)N(CC(=O)N(Cc2ccc(Cl)c(Cl)c2)[C@H](Cc2ccccc2)C(=O)NC2CCCCC2)c2cc(Cl)ccc2C)cc1. The van der Waals surface area contributed by atoms with Gasteiger partial charge in [-0.05, 0) is 79.8 Å². The molecule has 0 spiro atoms. The molecule has 7 nitrogen and oxygen atoms in total. The maximum Gasteiger partial charge on any atom is 0.264 e. The monoisotopic (exact) mass is 739 g/mol. The molecular formula is C38H40Cl3N3O4S. The van der Waals surface area contributed by atoms with Crippen LogP contribution in [0.3, 0.4) is 0 Å². The van der Waals surface area contributed by atoms with Crippen molar-refractivity contribution in [3.05, 3.63) is 128 Å². The maximum atomic E-state index is 14.8. The van der Waals surface area contributed by atoms with Gasteiger partial charge >= 0.3 is 0 Å². The van der Waals surface area contributed by atoms with E-state index in [9.17, 15) is 18.0 Å². The molecule has 0 bridgehead atoms. The van der Waals surface area contributed by atoms with Crippen LogP contribution in [0.1, 0.15) is 54.4 Å². The quantitative estimate of drug-likeness (QED) is 0.158. The molecule has 11 heteroatoms. The topological polar surface area (TPSA) is 86.8 Å². The summed E-state index contributed by atoms with van der Waals surface area (Å²) in [5.74, 6) is -0.864. The fraction of sp³-hybridized carbons (Fsp3) is 0.316. The molecule has 4 aromatic carbocycles. The number of hydrogen-bond acceptors (Lipinski definition) is 4. The number of carbonyl (C=O) groups excluding carboxylic acids is 2. The average molecular weight is 741 g/mol. The lowest BCUT2D eigenvalue weighted by atomic mass is 9.94. The smallest absolute Gasteiger partial charge is 0.264 e. The predicted molar refractivity (Wildman–Crippen MR) is 198 cm³/mol. The highest BCUT2D eigenvalue weighted by atomic mass is 35.5. The molecule has 258 valence electrons. The Morgan fingerprint density at radius 1 is 0.816 bits per heavy atom. The minimum absolute atomic E-state index is 0.00558. The Kier molecular flexibility index (Phi) is 12.3. The number of benzene rings is 4. The second-order valence-corrected chi connectivity index (χ2v) is 15.7. The van der Waals surface area contributed by atoms with Crippen LogP contribution in [-0.4, -0.2) is 43.8 Å². The third-order valence-electron chi connectivity index (χ3n) is 8.89. The summed E-state index contributed by atoms with van der Waals surface area (Å²) < 4.78 is 29.8. The van der Waals surface area contributed by atoms with Gasteiger partial charge in [0, 0.05) is 24.0 Å². The Labute approximate surface area is 304 Å². The van der Waals surface area contributed by atoms with Gasteiger partial charge in [-0.1, -0.05) is 114 Å². The first-order valence-corrected chi connectivity index (χ1v) is 18.9. The van der Waals surface area contributed by atoms with E-state index in [2.05, 4.69) is 5.32 Å². The number of anilines is 1. The molecule has 0 radical (unpaired) electrons. The summed E-state index contributed by atoms with van der Waals surface area (Å²) in [6.07, 6.45) is 5.10. The zero-order chi connectivity index (χ0) is 35.1. The predicted octanol–water partition coefficient (Wildman–Crippen LogP) is 8.55. The van der Waals surface area contributed by atoms with Crippen molar-refractivity contribution < 1.29 is 18.0 Å². The number of nitrogens with one attached hydrogen (secondary N) is 1. The van der Waals surface area contributed by atoms with Crippen LogP contribution in [0.15, 0.2) is 95.9 Å². The van der Waals surface area contributed by atoms with Crippen molar-refractivity contribution in [2.45, 2.75) is 75.9 Å². The van der Waals surface area contributed by atoms with Crippen LogP contribution < -0.4 is 9.62 Å². The summed E-state index contributed by atoms with van der Waals surface area (Å²) in [4.78, 5) is 30.5. The van der Waals surface area contributed by atoms with Crippen LogP contribution in [0.25, 0.3) is 0 Å². The minimum Gasteiger partial charge on any atom is -0.352 e. The summed E-state index contributed by atoms with van der Waals surface area (Å²) >= 11 is 19.0. The molecule has 0 aliphatic heterocycles. The summed E-state index contributed by atoms with van der Waals surface area (Å²) in [6.45, 7) is 3.03. The molecule has 0 aromatic heterocycles. The van der Waals surface area contributed by atoms with E-state index in [0.717, 1.165) is 47.5 Å². The molecule has 1 aliphatic carbocycles. The number of nitrogens with zero attached hydrogens (tertiary/aromatic N) is 2. The van der Waals surface area contributed by atoms with Gasteiger partial charge in [-0.2, -0.15) is 0 Å².